The number of sulfonamides is 1. The van der Waals surface area contributed by atoms with E-state index in [1.165, 1.54) is 4.31 Å². The topological polar surface area (TPSA) is 57.7 Å². The van der Waals surface area contributed by atoms with E-state index in [0.717, 1.165) is 21.8 Å². The summed E-state index contributed by atoms with van der Waals surface area (Å²) in [6, 6.07) is 15.4. The molecule has 28 heavy (non-hydrogen) atoms. The second-order valence-electron chi connectivity index (χ2n) is 6.97. The second kappa shape index (κ2) is 9.11. The predicted molar refractivity (Wildman–Crippen MR) is 113 cm³/mol. The molecule has 2 aromatic rings. The highest BCUT2D eigenvalue weighted by Gasteiger charge is 2.30. The first-order valence-electron chi connectivity index (χ1n) is 9.41. The molecule has 1 amide bonds. The normalized spacial score (nSPS) is 15.6. The number of hydrogen-bond acceptors (Lipinski definition) is 4. The minimum absolute atomic E-state index is 0.0898. The van der Waals surface area contributed by atoms with Gasteiger partial charge in [-0.15, -0.1) is 11.8 Å². The fraction of sp³-hybridized carbons (Fsp3) is 0.381. The first kappa shape index (κ1) is 20.9. The predicted octanol–water partition coefficient (Wildman–Crippen LogP) is 3.32. The summed E-state index contributed by atoms with van der Waals surface area (Å²) >= 11 is 1.66. The molecule has 150 valence electrons. The average Bonchev–Trinajstić information content (AvgIpc) is 2.68. The molecule has 0 saturated carbocycles. The van der Waals surface area contributed by atoms with Gasteiger partial charge >= 0.3 is 0 Å². The quantitative estimate of drug-likeness (QED) is 0.676. The van der Waals surface area contributed by atoms with E-state index in [0.29, 0.717) is 37.5 Å². The van der Waals surface area contributed by atoms with Gasteiger partial charge in [-0.25, -0.2) is 8.42 Å². The number of aryl methyl sites for hydroxylation is 2. The largest absolute Gasteiger partial charge is 0.340 e. The van der Waals surface area contributed by atoms with Crippen molar-refractivity contribution in [2.24, 2.45) is 0 Å². The summed E-state index contributed by atoms with van der Waals surface area (Å²) in [6.45, 7) is 5.34. The molecule has 0 atom stereocenters. The van der Waals surface area contributed by atoms with Crippen LogP contribution in [0.3, 0.4) is 0 Å². The van der Waals surface area contributed by atoms with E-state index >= 15 is 0 Å². The fourth-order valence-corrected chi connectivity index (χ4v) is 5.83. The van der Waals surface area contributed by atoms with Gasteiger partial charge in [-0.1, -0.05) is 35.9 Å². The molecule has 0 aliphatic carbocycles. The van der Waals surface area contributed by atoms with Crippen molar-refractivity contribution in [1.29, 1.82) is 0 Å². The van der Waals surface area contributed by atoms with Crippen LogP contribution in [0.1, 0.15) is 17.5 Å². The molecule has 1 saturated heterocycles. The van der Waals surface area contributed by atoms with Gasteiger partial charge in [0, 0.05) is 43.2 Å². The molecule has 0 bridgehead atoms. The number of carbonyl (C=O) groups excluding carboxylic acids is 1. The Bertz CT molecular complexity index is 922. The molecule has 7 heteroatoms. The molecule has 1 fully saturated rings. The van der Waals surface area contributed by atoms with E-state index in [-0.39, 0.29) is 5.91 Å². The Morgan fingerprint density at radius 3 is 2.32 bits per heavy atom. The van der Waals surface area contributed by atoms with Gasteiger partial charge in [0.2, 0.25) is 15.9 Å². The van der Waals surface area contributed by atoms with Gasteiger partial charge in [-0.2, -0.15) is 4.31 Å². The van der Waals surface area contributed by atoms with Crippen molar-refractivity contribution in [3.8, 4) is 0 Å². The van der Waals surface area contributed by atoms with Crippen molar-refractivity contribution in [2.75, 3.05) is 31.9 Å². The summed E-state index contributed by atoms with van der Waals surface area (Å²) in [4.78, 5) is 15.7. The van der Waals surface area contributed by atoms with Crippen LogP contribution in [-0.2, 0) is 14.8 Å². The van der Waals surface area contributed by atoms with E-state index < -0.39 is 10.0 Å². The van der Waals surface area contributed by atoms with Crippen LogP contribution in [0.4, 0.5) is 0 Å². The van der Waals surface area contributed by atoms with Crippen molar-refractivity contribution >= 4 is 27.7 Å². The molecule has 1 aliphatic rings. The third-order valence-corrected chi connectivity index (χ3v) is 7.94. The number of carbonyl (C=O) groups is 1. The maximum atomic E-state index is 12.9. The van der Waals surface area contributed by atoms with Gasteiger partial charge < -0.3 is 4.90 Å². The molecular weight excluding hydrogens is 392 g/mol. The lowest BCUT2D eigenvalue weighted by atomic mass is 10.2. The summed E-state index contributed by atoms with van der Waals surface area (Å²) in [5.41, 5.74) is 1.80. The Morgan fingerprint density at radius 1 is 1.00 bits per heavy atom. The Balaban J connectivity index is 1.52. The van der Waals surface area contributed by atoms with Gasteiger partial charge in [0.1, 0.15) is 0 Å². The standard InChI is InChI=1S/C21H26N2O3S2/c1-17-8-9-20(18(2)16-17)28(25,26)23-13-11-22(12-14-23)21(24)10-15-27-19-6-4-3-5-7-19/h3-9,16H,10-15H2,1-2H3. The molecule has 1 aliphatic heterocycles. The third kappa shape index (κ3) is 4.96. The number of amides is 1. The molecule has 0 spiro atoms. The Kier molecular flexibility index (Phi) is 6.80. The number of rotatable bonds is 6. The minimum Gasteiger partial charge on any atom is -0.340 e. The molecular formula is C21H26N2O3S2. The molecule has 0 aromatic heterocycles. The molecule has 0 N–H and O–H groups in total. The molecule has 1 heterocycles. The summed E-state index contributed by atoms with van der Waals surface area (Å²) < 4.78 is 27.4. The van der Waals surface area contributed by atoms with Crippen LogP contribution in [0, 0.1) is 13.8 Å². The first-order chi connectivity index (χ1) is 13.4. The van der Waals surface area contributed by atoms with E-state index in [9.17, 15) is 13.2 Å². The van der Waals surface area contributed by atoms with Crippen molar-refractivity contribution in [2.45, 2.75) is 30.1 Å². The van der Waals surface area contributed by atoms with E-state index in [1.54, 1.807) is 22.7 Å². The second-order valence-corrected chi connectivity index (χ2v) is 10.0. The summed E-state index contributed by atoms with van der Waals surface area (Å²) in [7, 11) is -3.52. The summed E-state index contributed by atoms with van der Waals surface area (Å²) in [5, 5.41) is 0. The molecule has 0 radical (unpaired) electrons. The van der Waals surface area contributed by atoms with Gasteiger partial charge in [0.15, 0.2) is 0 Å². The van der Waals surface area contributed by atoms with Crippen LogP contribution < -0.4 is 0 Å². The maximum Gasteiger partial charge on any atom is 0.243 e. The average molecular weight is 419 g/mol. The highest BCUT2D eigenvalue weighted by Crippen LogP contribution is 2.23. The lowest BCUT2D eigenvalue weighted by molar-refractivity contribution is -0.131. The first-order valence-corrected chi connectivity index (χ1v) is 11.8. The van der Waals surface area contributed by atoms with Gasteiger partial charge in [0.25, 0.3) is 0 Å². The van der Waals surface area contributed by atoms with Crippen molar-refractivity contribution in [3.05, 3.63) is 59.7 Å². The zero-order chi connectivity index (χ0) is 20.1. The Hall–Kier alpha value is -1.83. The van der Waals surface area contributed by atoms with Crippen LogP contribution in [0.5, 0.6) is 0 Å². The molecule has 3 rings (SSSR count). The summed E-state index contributed by atoms with van der Waals surface area (Å²) in [6.07, 6.45) is 0.462. The molecule has 2 aromatic carbocycles. The van der Waals surface area contributed by atoms with Crippen LogP contribution in [0.2, 0.25) is 0 Å². The number of benzene rings is 2. The van der Waals surface area contributed by atoms with Gasteiger partial charge in [0.05, 0.1) is 4.90 Å². The van der Waals surface area contributed by atoms with Crippen molar-refractivity contribution in [1.82, 2.24) is 9.21 Å². The van der Waals surface area contributed by atoms with Crippen LogP contribution in [-0.4, -0.2) is 55.5 Å². The lowest BCUT2D eigenvalue weighted by Gasteiger charge is -2.34. The van der Waals surface area contributed by atoms with E-state index in [2.05, 4.69) is 0 Å². The number of hydrogen-bond donors (Lipinski definition) is 0. The summed E-state index contributed by atoms with van der Waals surface area (Å²) in [5.74, 6) is 0.816. The lowest BCUT2D eigenvalue weighted by Crippen LogP contribution is -2.50. The number of nitrogens with zero attached hydrogens (tertiary/aromatic N) is 2. The SMILES string of the molecule is Cc1ccc(S(=O)(=O)N2CCN(C(=O)CCSc3ccccc3)CC2)c(C)c1. The van der Waals surface area contributed by atoms with Crippen LogP contribution in [0.25, 0.3) is 0 Å². The maximum absolute atomic E-state index is 12.9. The molecule has 5 nitrogen and oxygen atoms in total. The molecule has 0 unspecified atom stereocenters. The van der Waals surface area contributed by atoms with Crippen molar-refractivity contribution < 1.29 is 13.2 Å². The van der Waals surface area contributed by atoms with Crippen LogP contribution >= 0.6 is 11.8 Å². The Morgan fingerprint density at radius 2 is 1.68 bits per heavy atom. The highest BCUT2D eigenvalue weighted by molar-refractivity contribution is 7.99. The van der Waals surface area contributed by atoms with Gasteiger partial charge in [-0.05, 0) is 37.6 Å². The highest BCUT2D eigenvalue weighted by atomic mass is 32.2. The van der Waals surface area contributed by atoms with Crippen molar-refractivity contribution in [3.63, 3.8) is 0 Å². The number of piperazine rings is 1. The van der Waals surface area contributed by atoms with E-state index in [4.69, 9.17) is 0 Å². The smallest absolute Gasteiger partial charge is 0.243 e. The third-order valence-electron chi connectivity index (χ3n) is 4.87. The van der Waals surface area contributed by atoms with Crippen LogP contribution in [0.15, 0.2) is 58.3 Å². The fourth-order valence-electron chi connectivity index (χ4n) is 3.34. The minimum atomic E-state index is -3.52. The van der Waals surface area contributed by atoms with E-state index in [1.807, 2.05) is 56.3 Å². The zero-order valence-corrected chi connectivity index (χ0v) is 17.9. The zero-order valence-electron chi connectivity index (χ0n) is 16.3. The Labute approximate surface area is 171 Å². The monoisotopic (exact) mass is 418 g/mol. The number of thioether (sulfide) groups is 1. The van der Waals surface area contributed by atoms with Gasteiger partial charge in [-0.3, -0.25) is 4.79 Å².